The fourth-order valence-electron chi connectivity index (χ4n) is 8.37. The number of aromatic hydroxyl groups is 1. The number of sulfone groups is 1. The Morgan fingerprint density at radius 2 is 0.853 bits per heavy atom. The third kappa shape index (κ3) is 10.2. The quantitative estimate of drug-likeness (QED) is 0.0734. The van der Waals surface area contributed by atoms with Gasteiger partial charge in [-0.2, -0.15) is 16.8 Å². The lowest BCUT2D eigenvalue weighted by molar-refractivity contribution is -0.0526. The summed E-state index contributed by atoms with van der Waals surface area (Å²) in [5.41, 5.74) is 2.92. The Labute approximate surface area is 401 Å². The minimum atomic E-state index is -5.10. The van der Waals surface area contributed by atoms with Crippen molar-refractivity contribution in [2.75, 3.05) is 7.11 Å². The Kier molecular flexibility index (Phi) is 14.0. The van der Waals surface area contributed by atoms with Gasteiger partial charge in [-0.15, -0.1) is 0 Å². The van der Waals surface area contributed by atoms with Gasteiger partial charge in [0.25, 0.3) is 20.2 Å². The van der Waals surface area contributed by atoms with Crippen LogP contribution in [0.25, 0.3) is 0 Å². The molecule has 6 aromatic carbocycles. The molecule has 0 bridgehead atoms. The van der Waals surface area contributed by atoms with Gasteiger partial charge in [-0.05, 0) is 121 Å². The molecule has 1 unspecified atom stereocenters. The molecule has 3 N–H and O–H groups in total. The van der Waals surface area contributed by atoms with E-state index in [1.54, 1.807) is 45.2 Å². The summed E-state index contributed by atoms with van der Waals surface area (Å²) >= 11 is 0. The number of ether oxygens (including phenoxy) is 3. The first kappa shape index (κ1) is 51.8. The van der Waals surface area contributed by atoms with E-state index in [1.165, 1.54) is 0 Å². The first-order chi connectivity index (χ1) is 31.4. The maximum Gasteiger partial charge on any atom is 0.298 e. The van der Waals surface area contributed by atoms with Gasteiger partial charge < -0.3 is 19.3 Å². The normalized spacial score (nSPS) is 14.0. The maximum absolute atomic E-state index is 14.0. The Hall–Kier alpha value is -5.55. The van der Waals surface area contributed by atoms with Gasteiger partial charge in [-0.25, -0.2) is 8.42 Å². The predicted molar refractivity (Wildman–Crippen MR) is 262 cm³/mol. The molecule has 0 saturated heterocycles. The van der Waals surface area contributed by atoms with Crippen LogP contribution in [0.4, 0.5) is 0 Å². The zero-order chi connectivity index (χ0) is 50.5. The zero-order valence-electron chi connectivity index (χ0n) is 40.1. The van der Waals surface area contributed by atoms with Crippen molar-refractivity contribution in [3.05, 3.63) is 167 Å². The summed E-state index contributed by atoms with van der Waals surface area (Å²) in [6.07, 6.45) is 0.834. The van der Waals surface area contributed by atoms with E-state index >= 15 is 0 Å². The van der Waals surface area contributed by atoms with E-state index in [0.717, 1.165) is 64.6 Å². The number of rotatable bonds is 17. The number of hydrogen-bond acceptors (Lipinski definition) is 10. The van der Waals surface area contributed by atoms with E-state index in [2.05, 4.69) is 65.8 Å². The summed E-state index contributed by atoms with van der Waals surface area (Å²) in [6.45, 7) is 20.1. The van der Waals surface area contributed by atoms with Crippen LogP contribution >= 0.6 is 0 Å². The van der Waals surface area contributed by atoms with Crippen molar-refractivity contribution < 1.29 is 53.7 Å². The fraction of sp³-hybridized carbons (Fsp3) is 0.321. The van der Waals surface area contributed by atoms with Gasteiger partial charge in [0.1, 0.15) is 38.4 Å². The second kappa shape index (κ2) is 18.4. The molecule has 0 heterocycles. The van der Waals surface area contributed by atoms with Crippen molar-refractivity contribution in [1.82, 2.24) is 0 Å². The van der Waals surface area contributed by atoms with Crippen LogP contribution < -0.4 is 9.47 Å². The predicted octanol–water partition coefficient (Wildman–Crippen LogP) is 11.6. The summed E-state index contributed by atoms with van der Waals surface area (Å²) in [5.74, 6) is -0.361. The molecule has 0 aliphatic heterocycles. The van der Waals surface area contributed by atoms with E-state index < -0.39 is 66.1 Å². The third-order valence-corrected chi connectivity index (χ3v) is 17.3. The van der Waals surface area contributed by atoms with Gasteiger partial charge in [0, 0.05) is 23.4 Å². The molecule has 15 heteroatoms. The maximum atomic E-state index is 14.0. The molecule has 0 spiro atoms. The van der Waals surface area contributed by atoms with Crippen molar-refractivity contribution in [3.8, 4) is 23.0 Å². The second-order valence-corrected chi connectivity index (χ2v) is 24.0. The summed E-state index contributed by atoms with van der Waals surface area (Å²) < 4.78 is 118. The van der Waals surface area contributed by atoms with E-state index in [4.69, 9.17) is 14.2 Å². The van der Waals surface area contributed by atoms with Crippen LogP contribution in [0.5, 0.6) is 23.0 Å². The highest BCUT2D eigenvalue weighted by molar-refractivity contribution is 7.91. The Morgan fingerprint density at radius 3 is 1.26 bits per heavy atom. The fourth-order valence-corrected chi connectivity index (χ4v) is 11.1. The number of benzene rings is 6. The largest absolute Gasteiger partial charge is 0.508 e. The molecular formula is C53H60O12S3. The number of methoxy groups -OCH3 is 1. The molecule has 362 valence electrons. The standard InChI is InChI=1S/C53H60O12S3/c1-12-53(10,63-11)51(6,7)39-17-13-35(14-18-39)50(4,5)38-23-27-42(28-24-38)64-45-31-29-43(33-47(45)67(57,58)59)66(55,56)44-30-32-46(48(34-44)68(60,61)62)65-52(8,9)40-19-15-36(16-20-40)49(2,3)37-21-25-41(54)26-22-37/h13-34,54H,12H2,1-11H3,(H,57,58,59)(H,60,61,62). The van der Waals surface area contributed by atoms with Gasteiger partial charge >= 0.3 is 0 Å². The molecule has 0 aliphatic carbocycles. The molecule has 12 nitrogen and oxygen atoms in total. The van der Waals surface area contributed by atoms with E-state index in [0.29, 0.717) is 11.6 Å². The monoisotopic (exact) mass is 984 g/mol. The smallest absolute Gasteiger partial charge is 0.298 e. The molecule has 6 rings (SSSR count). The van der Waals surface area contributed by atoms with Crippen LogP contribution in [0.2, 0.25) is 0 Å². The molecule has 0 amide bonds. The lowest BCUT2D eigenvalue weighted by Gasteiger charge is -2.43. The van der Waals surface area contributed by atoms with Crippen molar-refractivity contribution in [1.29, 1.82) is 0 Å². The van der Waals surface area contributed by atoms with Crippen LogP contribution in [0, 0.1) is 0 Å². The summed E-state index contributed by atoms with van der Waals surface area (Å²) in [7, 11) is -13.2. The van der Waals surface area contributed by atoms with Crippen molar-refractivity contribution in [2.24, 2.45) is 0 Å². The molecule has 68 heavy (non-hydrogen) atoms. The zero-order valence-corrected chi connectivity index (χ0v) is 42.6. The first-order valence-corrected chi connectivity index (χ1v) is 26.3. The minimum Gasteiger partial charge on any atom is -0.508 e. The minimum absolute atomic E-state index is 0.152. The highest BCUT2D eigenvalue weighted by Gasteiger charge is 2.41. The van der Waals surface area contributed by atoms with E-state index in [-0.39, 0.29) is 34.0 Å². The Balaban J connectivity index is 1.24. The summed E-state index contributed by atoms with van der Waals surface area (Å²) in [5, 5.41) is 9.75. The number of hydrogen-bond donors (Lipinski definition) is 3. The lowest BCUT2D eigenvalue weighted by Crippen LogP contribution is -2.46. The molecule has 0 aliphatic rings. The van der Waals surface area contributed by atoms with Crippen LogP contribution in [0.1, 0.15) is 109 Å². The van der Waals surface area contributed by atoms with Crippen molar-refractivity contribution >= 4 is 30.1 Å². The summed E-state index contributed by atoms with van der Waals surface area (Å²) in [4.78, 5) is -2.93. The molecule has 0 radical (unpaired) electrons. The van der Waals surface area contributed by atoms with E-state index in [9.17, 15) is 39.5 Å². The van der Waals surface area contributed by atoms with Gasteiger partial charge in [0.2, 0.25) is 9.84 Å². The van der Waals surface area contributed by atoms with Crippen LogP contribution in [-0.4, -0.2) is 52.2 Å². The highest BCUT2D eigenvalue weighted by Crippen LogP contribution is 2.42. The molecule has 0 fully saturated rings. The van der Waals surface area contributed by atoms with Gasteiger partial charge in [-0.1, -0.05) is 121 Å². The van der Waals surface area contributed by atoms with Crippen LogP contribution in [0.15, 0.2) is 153 Å². The van der Waals surface area contributed by atoms with Crippen molar-refractivity contribution in [2.45, 2.75) is 123 Å². The van der Waals surface area contributed by atoms with Crippen LogP contribution in [-0.2, 0) is 56.7 Å². The van der Waals surface area contributed by atoms with Gasteiger partial charge in [0.05, 0.1) is 15.4 Å². The van der Waals surface area contributed by atoms with Gasteiger partial charge in [0.15, 0.2) is 0 Å². The second-order valence-electron chi connectivity index (χ2n) is 19.3. The molecule has 6 aromatic rings. The third-order valence-electron chi connectivity index (χ3n) is 13.8. The Morgan fingerprint density at radius 1 is 0.485 bits per heavy atom. The molecule has 1 atom stereocenters. The number of phenolic OH excluding ortho intramolecular Hbond substituents is 1. The molecule has 0 saturated carbocycles. The number of phenols is 1. The van der Waals surface area contributed by atoms with Crippen LogP contribution in [0.3, 0.4) is 0 Å². The van der Waals surface area contributed by atoms with Crippen molar-refractivity contribution in [3.63, 3.8) is 0 Å². The Bertz CT molecular complexity index is 3130. The summed E-state index contributed by atoms with van der Waals surface area (Å²) in [6, 6.07) is 35.4. The lowest BCUT2D eigenvalue weighted by atomic mass is 9.68. The SMILES string of the molecule is CCC(C)(OC)C(C)(C)c1ccc(C(C)(C)c2ccc(Oc3ccc(S(=O)(=O)c4ccc(OC(C)(C)c5ccc(C(C)(C)c6ccc(O)cc6)cc5)c(S(=O)(=O)O)c4)cc3S(=O)(=O)O)cc2)cc1. The van der Waals surface area contributed by atoms with Gasteiger partial charge in [-0.3, -0.25) is 9.11 Å². The molecule has 0 aromatic heterocycles. The highest BCUT2D eigenvalue weighted by atomic mass is 32.2. The first-order valence-electron chi connectivity index (χ1n) is 21.9. The molecular weight excluding hydrogens is 925 g/mol. The van der Waals surface area contributed by atoms with E-state index in [1.807, 2.05) is 62.4 Å². The average Bonchev–Trinajstić information content (AvgIpc) is 3.28. The topological polar surface area (TPSA) is 191 Å². The average molecular weight is 985 g/mol.